The van der Waals surface area contributed by atoms with E-state index < -0.39 is 0 Å². The molecule has 1 unspecified atom stereocenters. The summed E-state index contributed by atoms with van der Waals surface area (Å²) in [7, 11) is 1.72. The van der Waals surface area contributed by atoms with Crippen LogP contribution in [0.15, 0.2) is 39.9 Å². The molecular formula is C21H32FIN4O2. The molecule has 0 bridgehead atoms. The smallest absolute Gasteiger partial charge is 0.226 e. The summed E-state index contributed by atoms with van der Waals surface area (Å²) in [6.07, 6.45) is 2.35. The molecule has 29 heavy (non-hydrogen) atoms. The van der Waals surface area contributed by atoms with Gasteiger partial charge in [0.2, 0.25) is 5.89 Å². The predicted octanol–water partition coefficient (Wildman–Crippen LogP) is 4.26. The number of oxazole rings is 1. The molecule has 0 aliphatic carbocycles. The number of benzene rings is 1. The van der Waals surface area contributed by atoms with Crippen molar-refractivity contribution >= 4 is 29.9 Å². The number of nitrogens with zero attached hydrogens (tertiary/aromatic N) is 2. The van der Waals surface area contributed by atoms with Crippen molar-refractivity contribution in [1.29, 1.82) is 0 Å². The lowest BCUT2D eigenvalue weighted by Crippen LogP contribution is -2.40. The summed E-state index contributed by atoms with van der Waals surface area (Å²) in [5.41, 5.74) is 1.60. The van der Waals surface area contributed by atoms with Gasteiger partial charge in [-0.15, -0.1) is 24.0 Å². The minimum absolute atomic E-state index is 0. The third-order valence-corrected chi connectivity index (χ3v) is 4.33. The summed E-state index contributed by atoms with van der Waals surface area (Å²) in [6.45, 7) is 10.5. The number of nitrogens with one attached hydrogen (secondary N) is 2. The Kier molecular flexibility index (Phi) is 10.6. The Bertz CT molecular complexity index is 757. The number of guanidine groups is 1. The van der Waals surface area contributed by atoms with Crippen LogP contribution in [-0.4, -0.2) is 43.8 Å². The third kappa shape index (κ3) is 8.30. The number of ether oxygens (including phenoxy) is 1. The number of aliphatic imine (C=N–C) groups is 1. The average molecular weight is 518 g/mol. The Labute approximate surface area is 189 Å². The molecule has 8 heteroatoms. The van der Waals surface area contributed by atoms with Crippen LogP contribution >= 0.6 is 24.0 Å². The maximum atomic E-state index is 13.0. The van der Waals surface area contributed by atoms with Gasteiger partial charge in [0.1, 0.15) is 12.1 Å². The van der Waals surface area contributed by atoms with E-state index in [4.69, 9.17) is 9.15 Å². The molecule has 0 aliphatic rings. The van der Waals surface area contributed by atoms with Crippen LogP contribution in [0.1, 0.15) is 33.4 Å². The summed E-state index contributed by atoms with van der Waals surface area (Å²) >= 11 is 0. The molecule has 0 saturated carbocycles. The molecule has 6 nitrogen and oxygen atoms in total. The molecule has 1 heterocycles. The second kappa shape index (κ2) is 12.1. The highest BCUT2D eigenvalue weighted by molar-refractivity contribution is 14.0. The maximum Gasteiger partial charge on any atom is 0.226 e. The normalized spacial score (nSPS) is 13.0. The highest BCUT2D eigenvalue weighted by Gasteiger charge is 2.24. The highest BCUT2D eigenvalue weighted by atomic mass is 127. The van der Waals surface area contributed by atoms with Crippen molar-refractivity contribution in [3.8, 4) is 11.5 Å². The van der Waals surface area contributed by atoms with Gasteiger partial charge in [0.25, 0.3) is 0 Å². The molecule has 0 aliphatic heterocycles. The van der Waals surface area contributed by atoms with E-state index in [0.29, 0.717) is 25.4 Å². The van der Waals surface area contributed by atoms with Crippen LogP contribution in [0.4, 0.5) is 4.39 Å². The summed E-state index contributed by atoms with van der Waals surface area (Å²) < 4.78 is 24.1. The molecule has 1 atom stereocenters. The molecule has 0 spiro atoms. The van der Waals surface area contributed by atoms with Crippen molar-refractivity contribution in [2.75, 3.05) is 26.7 Å². The molecule has 2 aromatic rings. The quantitative estimate of drug-likeness (QED) is 0.311. The van der Waals surface area contributed by atoms with Crippen molar-refractivity contribution in [1.82, 2.24) is 15.6 Å². The minimum Gasteiger partial charge on any atom is -0.444 e. The predicted molar refractivity (Wildman–Crippen MR) is 125 cm³/mol. The molecule has 0 saturated heterocycles. The van der Waals surface area contributed by atoms with E-state index in [2.05, 4.69) is 41.4 Å². The lowest BCUT2D eigenvalue weighted by molar-refractivity contribution is 0.0241. The molecule has 1 aromatic carbocycles. The van der Waals surface area contributed by atoms with Gasteiger partial charge in [0.05, 0.1) is 18.3 Å². The summed E-state index contributed by atoms with van der Waals surface area (Å²) in [5.74, 6) is 0.955. The van der Waals surface area contributed by atoms with E-state index in [1.807, 2.05) is 6.92 Å². The van der Waals surface area contributed by atoms with Gasteiger partial charge in [-0.1, -0.05) is 20.8 Å². The molecule has 0 amide bonds. The zero-order valence-electron chi connectivity index (χ0n) is 17.8. The first-order valence-electron chi connectivity index (χ1n) is 9.58. The number of hydrogen-bond donors (Lipinski definition) is 2. The summed E-state index contributed by atoms with van der Waals surface area (Å²) in [6, 6.07) is 6.09. The van der Waals surface area contributed by atoms with Crippen LogP contribution in [0.5, 0.6) is 0 Å². The molecular weight excluding hydrogens is 486 g/mol. The average Bonchev–Trinajstić information content (AvgIpc) is 3.10. The van der Waals surface area contributed by atoms with Gasteiger partial charge in [0, 0.05) is 32.2 Å². The van der Waals surface area contributed by atoms with Gasteiger partial charge in [-0.05, 0) is 36.6 Å². The second-order valence-corrected chi connectivity index (χ2v) is 7.64. The first-order valence-corrected chi connectivity index (χ1v) is 9.58. The summed E-state index contributed by atoms with van der Waals surface area (Å²) in [5, 5.41) is 6.55. The van der Waals surface area contributed by atoms with Crippen LogP contribution < -0.4 is 10.6 Å². The van der Waals surface area contributed by atoms with Gasteiger partial charge in [0.15, 0.2) is 5.96 Å². The van der Waals surface area contributed by atoms with Crippen LogP contribution in [0.25, 0.3) is 11.5 Å². The fraction of sp³-hybridized carbons (Fsp3) is 0.524. The van der Waals surface area contributed by atoms with E-state index in [-0.39, 0.29) is 41.3 Å². The Hall–Kier alpha value is -1.68. The van der Waals surface area contributed by atoms with E-state index in [1.54, 1.807) is 25.5 Å². The fourth-order valence-electron chi connectivity index (χ4n) is 2.67. The van der Waals surface area contributed by atoms with Crippen molar-refractivity contribution in [2.24, 2.45) is 10.4 Å². The first kappa shape index (κ1) is 25.4. The molecule has 0 fully saturated rings. The monoisotopic (exact) mass is 518 g/mol. The standard InChI is InChI=1S/C21H31FN4O2.HI/c1-6-23-20(25-13-18(27-5)21(2,3)4)24-12-11-17-14-28-19(26-17)15-7-9-16(22)10-8-15;/h7-10,14,18H,6,11-13H2,1-5H3,(H2,23,24,25);1H. The van der Waals surface area contributed by atoms with Gasteiger partial charge in [-0.25, -0.2) is 9.37 Å². The second-order valence-electron chi connectivity index (χ2n) is 7.64. The van der Waals surface area contributed by atoms with E-state index in [0.717, 1.165) is 23.8 Å². The largest absolute Gasteiger partial charge is 0.444 e. The van der Waals surface area contributed by atoms with Gasteiger partial charge >= 0.3 is 0 Å². The van der Waals surface area contributed by atoms with Crippen molar-refractivity contribution in [3.63, 3.8) is 0 Å². The van der Waals surface area contributed by atoms with E-state index in [1.165, 1.54) is 12.1 Å². The number of rotatable bonds is 8. The Morgan fingerprint density at radius 1 is 1.24 bits per heavy atom. The number of halogens is 2. The Balaban J connectivity index is 0.00000420. The van der Waals surface area contributed by atoms with E-state index >= 15 is 0 Å². The van der Waals surface area contributed by atoms with Gasteiger partial charge < -0.3 is 19.8 Å². The number of aromatic nitrogens is 1. The zero-order valence-corrected chi connectivity index (χ0v) is 20.1. The number of hydrogen-bond acceptors (Lipinski definition) is 4. The minimum atomic E-state index is -0.280. The van der Waals surface area contributed by atoms with Gasteiger partial charge in [-0.2, -0.15) is 0 Å². The fourth-order valence-corrected chi connectivity index (χ4v) is 2.67. The van der Waals surface area contributed by atoms with Crippen LogP contribution in [0, 0.1) is 11.2 Å². The lowest BCUT2D eigenvalue weighted by atomic mass is 9.89. The third-order valence-electron chi connectivity index (χ3n) is 4.33. The van der Waals surface area contributed by atoms with Gasteiger partial charge in [-0.3, -0.25) is 4.99 Å². The number of methoxy groups -OCH3 is 1. The molecule has 1 aromatic heterocycles. The molecule has 2 rings (SSSR count). The maximum absolute atomic E-state index is 13.0. The van der Waals surface area contributed by atoms with E-state index in [9.17, 15) is 4.39 Å². The highest BCUT2D eigenvalue weighted by Crippen LogP contribution is 2.22. The van der Waals surface area contributed by atoms with Crippen molar-refractivity contribution in [3.05, 3.63) is 42.0 Å². The van der Waals surface area contributed by atoms with Crippen molar-refractivity contribution < 1.29 is 13.5 Å². The zero-order chi connectivity index (χ0) is 20.6. The topological polar surface area (TPSA) is 71.7 Å². The van der Waals surface area contributed by atoms with Crippen LogP contribution in [-0.2, 0) is 11.2 Å². The molecule has 162 valence electrons. The SMILES string of the molecule is CCNC(=NCC(OC)C(C)(C)C)NCCc1coc(-c2ccc(F)cc2)n1.I. The van der Waals surface area contributed by atoms with Crippen LogP contribution in [0.2, 0.25) is 0 Å². The van der Waals surface area contributed by atoms with Crippen LogP contribution in [0.3, 0.4) is 0 Å². The van der Waals surface area contributed by atoms with Crippen molar-refractivity contribution in [2.45, 2.75) is 40.2 Å². The lowest BCUT2D eigenvalue weighted by Gasteiger charge is -2.28. The molecule has 2 N–H and O–H groups in total. The Morgan fingerprint density at radius 3 is 2.52 bits per heavy atom. The first-order chi connectivity index (χ1) is 13.3. The summed E-state index contributed by atoms with van der Waals surface area (Å²) in [4.78, 5) is 9.10. The Morgan fingerprint density at radius 2 is 1.93 bits per heavy atom. The molecule has 0 radical (unpaired) electrons.